The lowest BCUT2D eigenvalue weighted by molar-refractivity contribution is -0.0326. The van der Waals surface area contributed by atoms with Crippen molar-refractivity contribution in [3.63, 3.8) is 0 Å². The van der Waals surface area contributed by atoms with Crippen LogP contribution < -0.4 is 5.32 Å². The van der Waals surface area contributed by atoms with E-state index in [0.717, 1.165) is 11.4 Å². The second-order valence-corrected chi connectivity index (χ2v) is 6.65. The van der Waals surface area contributed by atoms with Crippen molar-refractivity contribution < 1.29 is 13.2 Å². The summed E-state index contributed by atoms with van der Waals surface area (Å²) in [5, 5.41) is 3.32. The SMILES string of the molecule is CC(C)NCc1ccc(SCCSC(F)(F)F)cc1. The van der Waals surface area contributed by atoms with Crippen molar-refractivity contribution >= 4 is 23.5 Å². The lowest BCUT2D eigenvalue weighted by atomic mass is 10.2. The topological polar surface area (TPSA) is 12.0 Å². The predicted molar refractivity (Wildman–Crippen MR) is 77.7 cm³/mol. The van der Waals surface area contributed by atoms with Crippen molar-refractivity contribution in [3.8, 4) is 0 Å². The summed E-state index contributed by atoms with van der Waals surface area (Å²) in [5.41, 5.74) is -2.94. The summed E-state index contributed by atoms with van der Waals surface area (Å²) in [7, 11) is 0. The Morgan fingerprint density at radius 3 is 2.26 bits per heavy atom. The van der Waals surface area contributed by atoms with Gasteiger partial charge in [-0.2, -0.15) is 13.2 Å². The number of hydrogen-bond acceptors (Lipinski definition) is 3. The first-order valence-electron chi connectivity index (χ1n) is 6.02. The molecule has 0 amide bonds. The Kier molecular flexibility index (Phi) is 7.10. The van der Waals surface area contributed by atoms with Crippen molar-refractivity contribution in [1.29, 1.82) is 0 Å². The molecule has 0 atom stereocenters. The van der Waals surface area contributed by atoms with E-state index in [0.29, 0.717) is 11.8 Å². The number of benzene rings is 1. The van der Waals surface area contributed by atoms with Crippen LogP contribution in [0.3, 0.4) is 0 Å². The summed E-state index contributed by atoms with van der Waals surface area (Å²) in [6.07, 6.45) is 0. The van der Waals surface area contributed by atoms with E-state index in [1.807, 2.05) is 24.3 Å². The van der Waals surface area contributed by atoms with E-state index in [4.69, 9.17) is 0 Å². The zero-order valence-corrected chi connectivity index (χ0v) is 12.6. The summed E-state index contributed by atoms with van der Waals surface area (Å²) in [6.45, 7) is 4.98. The van der Waals surface area contributed by atoms with E-state index in [1.54, 1.807) is 0 Å². The van der Waals surface area contributed by atoms with Crippen LogP contribution >= 0.6 is 23.5 Å². The van der Waals surface area contributed by atoms with E-state index >= 15 is 0 Å². The Balaban J connectivity index is 2.28. The molecule has 0 aliphatic heterocycles. The Morgan fingerprint density at radius 2 is 1.74 bits per heavy atom. The molecular formula is C13H18F3NS2. The fourth-order valence-corrected chi connectivity index (χ4v) is 2.80. The average Bonchev–Trinajstić information content (AvgIpc) is 2.32. The van der Waals surface area contributed by atoms with E-state index in [9.17, 15) is 13.2 Å². The van der Waals surface area contributed by atoms with E-state index < -0.39 is 5.51 Å². The molecule has 19 heavy (non-hydrogen) atoms. The summed E-state index contributed by atoms with van der Waals surface area (Å²) in [5.74, 6) is 0.554. The fraction of sp³-hybridized carbons (Fsp3) is 0.538. The molecule has 0 unspecified atom stereocenters. The highest BCUT2D eigenvalue weighted by atomic mass is 32.2. The standard InChI is InChI=1S/C13H18F3NS2/c1-10(2)17-9-11-3-5-12(6-4-11)18-7-8-19-13(14,15)16/h3-6,10,17H,7-9H2,1-2H3. The van der Waals surface area contributed by atoms with Crippen LogP contribution in [0.4, 0.5) is 13.2 Å². The number of alkyl halides is 3. The predicted octanol–water partition coefficient (Wildman–Crippen LogP) is 4.53. The van der Waals surface area contributed by atoms with Crippen LogP contribution in [0.2, 0.25) is 0 Å². The third-order valence-corrected chi connectivity index (χ3v) is 4.26. The third kappa shape index (κ3) is 8.44. The van der Waals surface area contributed by atoms with Gasteiger partial charge in [-0.3, -0.25) is 0 Å². The molecule has 0 bridgehead atoms. The van der Waals surface area contributed by atoms with Crippen molar-refractivity contribution in [3.05, 3.63) is 29.8 Å². The molecule has 0 saturated carbocycles. The van der Waals surface area contributed by atoms with Gasteiger partial charge < -0.3 is 5.32 Å². The fourth-order valence-electron chi connectivity index (χ4n) is 1.34. The van der Waals surface area contributed by atoms with Crippen LogP contribution in [0.15, 0.2) is 29.2 Å². The van der Waals surface area contributed by atoms with Crippen LogP contribution in [0, 0.1) is 0 Å². The largest absolute Gasteiger partial charge is 0.441 e. The van der Waals surface area contributed by atoms with Gasteiger partial charge >= 0.3 is 5.51 Å². The Labute approximate surface area is 120 Å². The number of nitrogens with one attached hydrogen (secondary N) is 1. The molecule has 0 spiro atoms. The smallest absolute Gasteiger partial charge is 0.310 e. The van der Waals surface area contributed by atoms with Gasteiger partial charge in [-0.25, -0.2) is 0 Å². The minimum Gasteiger partial charge on any atom is -0.310 e. The van der Waals surface area contributed by atoms with Crippen LogP contribution in [-0.2, 0) is 6.54 Å². The highest BCUT2D eigenvalue weighted by Gasteiger charge is 2.27. The van der Waals surface area contributed by atoms with Crippen molar-refractivity contribution in [2.75, 3.05) is 11.5 Å². The summed E-state index contributed by atoms with van der Waals surface area (Å²) >= 11 is 1.49. The lowest BCUT2D eigenvalue weighted by Crippen LogP contribution is -2.21. The van der Waals surface area contributed by atoms with Gasteiger partial charge in [-0.15, -0.1) is 11.8 Å². The monoisotopic (exact) mass is 309 g/mol. The maximum absolute atomic E-state index is 11.9. The molecule has 0 fully saturated rings. The molecule has 1 rings (SSSR count). The molecular weight excluding hydrogens is 291 g/mol. The van der Waals surface area contributed by atoms with Crippen molar-refractivity contribution in [2.24, 2.45) is 0 Å². The average molecular weight is 309 g/mol. The minimum absolute atomic E-state index is 0.0365. The van der Waals surface area contributed by atoms with Gasteiger partial charge in [0, 0.05) is 29.0 Å². The summed E-state index contributed by atoms with van der Waals surface area (Å²) in [6, 6.07) is 8.37. The van der Waals surface area contributed by atoms with Gasteiger partial charge in [0.1, 0.15) is 0 Å². The normalized spacial score (nSPS) is 12.1. The van der Waals surface area contributed by atoms with Gasteiger partial charge in [-0.05, 0) is 17.7 Å². The molecule has 1 N–H and O–H groups in total. The quantitative estimate of drug-likeness (QED) is 0.587. The minimum atomic E-state index is -4.12. The Hall–Kier alpha value is -0.330. The van der Waals surface area contributed by atoms with E-state index in [1.165, 1.54) is 17.3 Å². The van der Waals surface area contributed by atoms with Gasteiger partial charge in [-0.1, -0.05) is 37.7 Å². The van der Waals surface area contributed by atoms with Gasteiger partial charge in [0.25, 0.3) is 0 Å². The van der Waals surface area contributed by atoms with Crippen molar-refractivity contribution in [2.45, 2.75) is 36.8 Å². The van der Waals surface area contributed by atoms with Gasteiger partial charge in [0.2, 0.25) is 0 Å². The molecule has 6 heteroatoms. The van der Waals surface area contributed by atoms with Gasteiger partial charge in [0.15, 0.2) is 0 Å². The van der Waals surface area contributed by atoms with Crippen LogP contribution in [0.5, 0.6) is 0 Å². The molecule has 0 radical (unpaired) electrons. The molecule has 0 aliphatic carbocycles. The number of hydrogen-bond donors (Lipinski definition) is 1. The maximum Gasteiger partial charge on any atom is 0.441 e. The summed E-state index contributed by atoms with van der Waals surface area (Å²) in [4.78, 5) is 1.01. The highest BCUT2D eigenvalue weighted by molar-refractivity contribution is 8.03. The first-order valence-corrected chi connectivity index (χ1v) is 8.00. The summed E-state index contributed by atoms with van der Waals surface area (Å²) < 4.78 is 35.8. The molecule has 1 aromatic rings. The molecule has 1 nitrogen and oxygen atoms in total. The lowest BCUT2D eigenvalue weighted by Gasteiger charge is -2.09. The van der Waals surface area contributed by atoms with Crippen LogP contribution in [0.1, 0.15) is 19.4 Å². The van der Waals surface area contributed by atoms with Crippen molar-refractivity contribution in [1.82, 2.24) is 5.32 Å². The Morgan fingerprint density at radius 1 is 1.11 bits per heavy atom. The molecule has 0 heterocycles. The molecule has 1 aromatic carbocycles. The number of rotatable bonds is 7. The zero-order chi connectivity index (χ0) is 14.3. The maximum atomic E-state index is 11.9. The highest BCUT2D eigenvalue weighted by Crippen LogP contribution is 2.31. The van der Waals surface area contributed by atoms with Crippen LogP contribution in [0.25, 0.3) is 0 Å². The van der Waals surface area contributed by atoms with Crippen LogP contribution in [-0.4, -0.2) is 23.1 Å². The second-order valence-electron chi connectivity index (χ2n) is 4.32. The van der Waals surface area contributed by atoms with Gasteiger partial charge in [0.05, 0.1) is 0 Å². The van der Waals surface area contributed by atoms with E-state index in [-0.39, 0.29) is 17.5 Å². The Bertz CT molecular complexity index is 363. The molecule has 0 aliphatic rings. The second kappa shape index (κ2) is 8.07. The molecule has 108 valence electrons. The number of thioether (sulfide) groups is 2. The first kappa shape index (κ1) is 16.7. The zero-order valence-electron chi connectivity index (χ0n) is 11.0. The molecule has 0 saturated heterocycles. The molecule has 0 aromatic heterocycles. The number of halogens is 3. The third-order valence-electron chi connectivity index (χ3n) is 2.26. The van der Waals surface area contributed by atoms with E-state index in [2.05, 4.69) is 19.2 Å². The first-order chi connectivity index (χ1) is 8.87.